The molecule has 2 atom stereocenters. The van der Waals surface area contributed by atoms with Crippen molar-refractivity contribution in [2.45, 2.75) is 38.4 Å². The number of cyclic esters (lactones) is 1. The van der Waals surface area contributed by atoms with E-state index >= 15 is 0 Å². The molecule has 18 heavy (non-hydrogen) atoms. The summed E-state index contributed by atoms with van der Waals surface area (Å²) in [4.78, 5) is 23.0. The highest BCUT2D eigenvalue weighted by Gasteiger charge is 2.40. The van der Waals surface area contributed by atoms with E-state index in [1.54, 1.807) is 6.07 Å². The van der Waals surface area contributed by atoms with Crippen LogP contribution in [0.4, 0.5) is 0 Å². The zero-order valence-corrected chi connectivity index (χ0v) is 10.1. The second kappa shape index (κ2) is 4.12. The van der Waals surface area contributed by atoms with Crippen molar-refractivity contribution in [3.63, 3.8) is 0 Å². The monoisotopic (exact) mass is 246 g/mol. The smallest absolute Gasteiger partial charge is 0.341 e. The molecule has 0 bridgehead atoms. The number of rotatable bonds is 1. The van der Waals surface area contributed by atoms with Gasteiger partial charge in [-0.15, -0.1) is 0 Å². The van der Waals surface area contributed by atoms with E-state index in [0.29, 0.717) is 5.56 Å². The van der Waals surface area contributed by atoms with Crippen molar-refractivity contribution in [2.75, 3.05) is 0 Å². The lowest BCUT2D eigenvalue weighted by Crippen LogP contribution is -2.37. The molecule has 0 spiro atoms. The molecule has 4 nitrogen and oxygen atoms in total. The largest absolute Gasteiger partial charge is 0.425 e. The Morgan fingerprint density at radius 3 is 3.06 bits per heavy atom. The average Bonchev–Trinajstić information content (AvgIpc) is 2.34. The lowest BCUT2D eigenvalue weighted by molar-refractivity contribution is -0.171. The summed E-state index contributed by atoms with van der Waals surface area (Å²) in [6, 6.07) is 5.70. The zero-order chi connectivity index (χ0) is 12.7. The normalized spacial score (nSPS) is 25.1. The third kappa shape index (κ3) is 1.68. The number of ether oxygens (including phenoxy) is 2. The number of benzene rings is 1. The lowest BCUT2D eigenvalue weighted by Gasteiger charge is -2.36. The Kier molecular flexibility index (Phi) is 2.58. The first-order valence-electron chi connectivity index (χ1n) is 6.17. The molecule has 4 heteroatoms. The Hall–Kier alpha value is -1.84. The Balaban J connectivity index is 2.06. The molecule has 0 saturated heterocycles. The van der Waals surface area contributed by atoms with Gasteiger partial charge >= 0.3 is 11.9 Å². The van der Waals surface area contributed by atoms with Crippen LogP contribution in [0, 0.1) is 0 Å². The van der Waals surface area contributed by atoms with E-state index in [1.807, 2.05) is 12.1 Å². The Labute approximate surface area is 105 Å². The number of carbonyl (C=O) groups excluding carboxylic acids is 2. The summed E-state index contributed by atoms with van der Waals surface area (Å²) in [5, 5.41) is 0. The number of hydrogen-bond donors (Lipinski definition) is 0. The molecule has 1 aromatic carbocycles. The van der Waals surface area contributed by atoms with Crippen molar-refractivity contribution < 1.29 is 19.1 Å². The van der Waals surface area contributed by atoms with Crippen LogP contribution in [0.25, 0.3) is 0 Å². The third-order valence-corrected chi connectivity index (χ3v) is 3.58. The molecule has 0 saturated carbocycles. The van der Waals surface area contributed by atoms with Gasteiger partial charge in [-0.3, -0.25) is 4.79 Å². The Bertz CT molecular complexity index is 521. The average molecular weight is 246 g/mol. The van der Waals surface area contributed by atoms with Crippen LogP contribution in [-0.2, 0) is 20.7 Å². The van der Waals surface area contributed by atoms with E-state index in [0.717, 1.165) is 24.8 Å². The molecule has 2 unspecified atom stereocenters. The highest BCUT2D eigenvalue weighted by atomic mass is 16.7. The van der Waals surface area contributed by atoms with E-state index in [-0.39, 0.29) is 5.92 Å². The second-order valence-corrected chi connectivity index (χ2v) is 4.76. The summed E-state index contributed by atoms with van der Waals surface area (Å²) in [6.45, 7) is 1.33. The van der Waals surface area contributed by atoms with Crippen molar-refractivity contribution in [1.29, 1.82) is 0 Å². The molecule has 3 rings (SSSR count). The molecule has 94 valence electrons. The summed E-state index contributed by atoms with van der Waals surface area (Å²) >= 11 is 0. The molecule has 0 fully saturated rings. The van der Waals surface area contributed by atoms with Gasteiger partial charge in [0.2, 0.25) is 0 Å². The predicted molar refractivity (Wildman–Crippen MR) is 63.1 cm³/mol. The minimum atomic E-state index is -0.760. The van der Waals surface area contributed by atoms with Crippen molar-refractivity contribution in [1.82, 2.24) is 0 Å². The van der Waals surface area contributed by atoms with Gasteiger partial charge in [0.05, 0.1) is 11.5 Å². The van der Waals surface area contributed by atoms with Gasteiger partial charge in [-0.25, -0.2) is 4.79 Å². The Morgan fingerprint density at radius 2 is 2.28 bits per heavy atom. The summed E-state index contributed by atoms with van der Waals surface area (Å²) in [5.74, 6) is -0.817. The van der Waals surface area contributed by atoms with Gasteiger partial charge in [0.15, 0.2) is 0 Å². The Morgan fingerprint density at radius 1 is 1.44 bits per heavy atom. The van der Waals surface area contributed by atoms with Crippen LogP contribution in [0.1, 0.15) is 47.2 Å². The molecular weight excluding hydrogens is 232 g/mol. The molecule has 0 N–H and O–H groups in total. The van der Waals surface area contributed by atoms with E-state index in [2.05, 4.69) is 0 Å². The standard InChI is InChI=1S/C14H14O4/c1-8(15)17-14-11-7-3-5-9-4-2-6-10(12(9)11)13(16)18-14/h2,4,6,11,14H,3,5,7H2,1H3. The van der Waals surface area contributed by atoms with Crippen molar-refractivity contribution in [2.24, 2.45) is 0 Å². The maximum Gasteiger partial charge on any atom is 0.341 e. The van der Waals surface area contributed by atoms with Gasteiger partial charge in [-0.2, -0.15) is 0 Å². The highest BCUT2D eigenvalue weighted by molar-refractivity contribution is 5.93. The second-order valence-electron chi connectivity index (χ2n) is 4.76. The zero-order valence-electron chi connectivity index (χ0n) is 10.1. The quantitative estimate of drug-likeness (QED) is 0.712. The van der Waals surface area contributed by atoms with Gasteiger partial charge in [0.25, 0.3) is 6.29 Å². The molecule has 1 aliphatic heterocycles. The minimum absolute atomic E-state index is 0.00782. The maximum absolute atomic E-state index is 11.9. The number of aryl methyl sites for hydroxylation is 1. The molecule has 1 aromatic rings. The molecule has 0 amide bonds. The molecular formula is C14H14O4. The van der Waals surface area contributed by atoms with Crippen LogP contribution in [0.5, 0.6) is 0 Å². The fraction of sp³-hybridized carbons (Fsp3) is 0.429. The summed E-state index contributed by atoms with van der Waals surface area (Å²) < 4.78 is 10.4. The molecule has 2 aliphatic rings. The van der Waals surface area contributed by atoms with E-state index in [9.17, 15) is 9.59 Å². The van der Waals surface area contributed by atoms with Crippen LogP contribution < -0.4 is 0 Å². The van der Waals surface area contributed by atoms with Crippen LogP contribution in [0.2, 0.25) is 0 Å². The van der Waals surface area contributed by atoms with Gasteiger partial charge < -0.3 is 9.47 Å². The van der Waals surface area contributed by atoms with E-state index in [4.69, 9.17) is 9.47 Å². The topological polar surface area (TPSA) is 52.6 Å². The van der Waals surface area contributed by atoms with Gasteiger partial charge in [-0.1, -0.05) is 12.1 Å². The first-order chi connectivity index (χ1) is 8.66. The fourth-order valence-electron chi connectivity index (χ4n) is 2.90. The number of hydrogen-bond acceptors (Lipinski definition) is 4. The van der Waals surface area contributed by atoms with Crippen LogP contribution >= 0.6 is 0 Å². The predicted octanol–water partition coefficient (Wildman–Crippen LogP) is 2.17. The first-order valence-corrected chi connectivity index (χ1v) is 6.17. The van der Waals surface area contributed by atoms with Gasteiger partial charge in [0.1, 0.15) is 0 Å². The first kappa shape index (κ1) is 11.3. The third-order valence-electron chi connectivity index (χ3n) is 3.58. The number of esters is 2. The number of carbonyl (C=O) groups is 2. The van der Waals surface area contributed by atoms with Crippen LogP contribution in [-0.4, -0.2) is 18.2 Å². The molecule has 1 aliphatic carbocycles. The molecule has 1 heterocycles. The molecule has 0 radical (unpaired) electrons. The molecule has 0 aromatic heterocycles. The van der Waals surface area contributed by atoms with E-state index < -0.39 is 18.2 Å². The highest BCUT2D eigenvalue weighted by Crippen LogP contribution is 2.41. The van der Waals surface area contributed by atoms with Gasteiger partial charge in [0, 0.05) is 6.92 Å². The van der Waals surface area contributed by atoms with Gasteiger partial charge in [-0.05, 0) is 36.5 Å². The summed E-state index contributed by atoms with van der Waals surface area (Å²) in [6.07, 6.45) is 2.12. The summed E-state index contributed by atoms with van der Waals surface area (Å²) in [5.41, 5.74) is 2.82. The summed E-state index contributed by atoms with van der Waals surface area (Å²) in [7, 11) is 0. The van der Waals surface area contributed by atoms with Crippen molar-refractivity contribution in [3.05, 3.63) is 34.9 Å². The van der Waals surface area contributed by atoms with Crippen LogP contribution in [0.15, 0.2) is 18.2 Å². The fourth-order valence-corrected chi connectivity index (χ4v) is 2.90. The van der Waals surface area contributed by atoms with Crippen molar-refractivity contribution in [3.8, 4) is 0 Å². The van der Waals surface area contributed by atoms with Crippen LogP contribution in [0.3, 0.4) is 0 Å². The minimum Gasteiger partial charge on any atom is -0.425 e. The van der Waals surface area contributed by atoms with E-state index in [1.165, 1.54) is 12.5 Å². The lowest BCUT2D eigenvalue weighted by atomic mass is 9.78. The van der Waals surface area contributed by atoms with Crippen molar-refractivity contribution >= 4 is 11.9 Å². The SMILES string of the molecule is CC(=O)OC1OC(=O)c2cccc3c2C1CCC3. The maximum atomic E-state index is 11.9.